The Bertz CT molecular complexity index is 665. The van der Waals surface area contributed by atoms with Crippen molar-refractivity contribution in [1.29, 1.82) is 0 Å². The van der Waals surface area contributed by atoms with Crippen molar-refractivity contribution in [3.63, 3.8) is 0 Å². The Kier molecular flexibility index (Phi) is 5.93. The van der Waals surface area contributed by atoms with Gasteiger partial charge in [-0.3, -0.25) is 4.79 Å². The van der Waals surface area contributed by atoms with Crippen LogP contribution in [0.2, 0.25) is 0 Å². The molecule has 1 amide bonds. The molecule has 4 nitrogen and oxygen atoms in total. The van der Waals surface area contributed by atoms with Gasteiger partial charge in [0, 0.05) is 23.1 Å². The monoisotopic (exact) mass is 320 g/mol. The van der Waals surface area contributed by atoms with E-state index in [9.17, 15) is 4.79 Å². The maximum Gasteiger partial charge on any atom is 0.262 e. The SMILES string of the molecule is CCc1cnc(CNC(=O)c2sccc2C#CCCO)s1. The van der Waals surface area contributed by atoms with Crippen LogP contribution in [0.5, 0.6) is 0 Å². The molecule has 0 bridgehead atoms. The summed E-state index contributed by atoms with van der Waals surface area (Å²) in [5.41, 5.74) is 0.708. The average molecular weight is 320 g/mol. The topological polar surface area (TPSA) is 62.2 Å². The molecular formula is C15H16N2O2S2. The largest absolute Gasteiger partial charge is 0.395 e. The minimum atomic E-state index is -0.133. The van der Waals surface area contributed by atoms with Crippen LogP contribution >= 0.6 is 22.7 Å². The first-order chi connectivity index (χ1) is 10.2. The van der Waals surface area contributed by atoms with Crippen LogP contribution in [0.1, 0.15) is 38.5 Å². The van der Waals surface area contributed by atoms with Gasteiger partial charge in [-0.2, -0.15) is 0 Å². The molecule has 0 saturated carbocycles. The van der Waals surface area contributed by atoms with Crippen molar-refractivity contribution in [2.45, 2.75) is 26.3 Å². The van der Waals surface area contributed by atoms with E-state index in [4.69, 9.17) is 5.11 Å². The van der Waals surface area contributed by atoms with E-state index < -0.39 is 0 Å². The maximum absolute atomic E-state index is 12.2. The van der Waals surface area contributed by atoms with Gasteiger partial charge in [0.1, 0.15) is 9.88 Å². The van der Waals surface area contributed by atoms with Gasteiger partial charge in [0.15, 0.2) is 0 Å². The Morgan fingerprint density at radius 3 is 3.10 bits per heavy atom. The summed E-state index contributed by atoms with van der Waals surface area (Å²) in [7, 11) is 0. The van der Waals surface area contributed by atoms with Crippen LogP contribution in [-0.4, -0.2) is 22.6 Å². The Hall–Kier alpha value is -1.68. The molecule has 2 aromatic heterocycles. The minimum Gasteiger partial charge on any atom is -0.395 e. The number of aromatic nitrogens is 1. The van der Waals surface area contributed by atoms with E-state index >= 15 is 0 Å². The van der Waals surface area contributed by atoms with Crippen molar-refractivity contribution in [3.8, 4) is 11.8 Å². The Morgan fingerprint density at radius 1 is 1.52 bits per heavy atom. The van der Waals surface area contributed by atoms with Gasteiger partial charge in [0.25, 0.3) is 5.91 Å². The fraction of sp³-hybridized carbons (Fsp3) is 0.333. The third kappa shape index (κ3) is 4.39. The first kappa shape index (κ1) is 15.7. The molecule has 21 heavy (non-hydrogen) atoms. The molecular weight excluding hydrogens is 304 g/mol. The van der Waals surface area contributed by atoms with Crippen molar-refractivity contribution in [3.05, 3.63) is 38.0 Å². The lowest BCUT2D eigenvalue weighted by Gasteiger charge is -2.01. The van der Waals surface area contributed by atoms with Crippen molar-refractivity contribution < 1.29 is 9.90 Å². The van der Waals surface area contributed by atoms with E-state index in [1.165, 1.54) is 16.2 Å². The third-order valence-corrected chi connectivity index (χ3v) is 4.74. The van der Waals surface area contributed by atoms with Gasteiger partial charge in [0.2, 0.25) is 0 Å². The fourth-order valence-electron chi connectivity index (χ4n) is 1.63. The summed E-state index contributed by atoms with van der Waals surface area (Å²) in [6, 6.07) is 1.82. The van der Waals surface area contributed by atoms with Crippen LogP contribution in [0.25, 0.3) is 0 Å². The highest BCUT2D eigenvalue weighted by Crippen LogP contribution is 2.17. The van der Waals surface area contributed by atoms with E-state index in [0.29, 0.717) is 23.4 Å². The second-order valence-corrected chi connectivity index (χ2v) is 6.31. The lowest BCUT2D eigenvalue weighted by molar-refractivity contribution is 0.0954. The molecule has 6 heteroatoms. The van der Waals surface area contributed by atoms with Crippen LogP contribution in [0.3, 0.4) is 0 Å². The molecule has 2 heterocycles. The van der Waals surface area contributed by atoms with Gasteiger partial charge >= 0.3 is 0 Å². The van der Waals surface area contributed by atoms with Gasteiger partial charge in [-0.05, 0) is 17.9 Å². The molecule has 0 aromatic carbocycles. The second-order valence-electron chi connectivity index (χ2n) is 4.20. The van der Waals surface area contributed by atoms with Crippen molar-refractivity contribution >= 4 is 28.6 Å². The molecule has 2 aromatic rings. The number of thiophene rings is 1. The predicted molar refractivity (Wildman–Crippen MR) is 85.6 cm³/mol. The van der Waals surface area contributed by atoms with Crippen LogP contribution < -0.4 is 5.32 Å². The highest BCUT2D eigenvalue weighted by molar-refractivity contribution is 7.12. The van der Waals surface area contributed by atoms with Crippen LogP contribution in [0.4, 0.5) is 0 Å². The number of aryl methyl sites for hydroxylation is 1. The van der Waals surface area contributed by atoms with E-state index in [1.807, 2.05) is 17.6 Å². The summed E-state index contributed by atoms with van der Waals surface area (Å²) in [6.45, 7) is 2.55. The van der Waals surface area contributed by atoms with Crippen molar-refractivity contribution in [2.24, 2.45) is 0 Å². The molecule has 0 aliphatic rings. The molecule has 0 saturated heterocycles. The molecule has 2 rings (SSSR count). The number of rotatable bonds is 5. The van der Waals surface area contributed by atoms with Crippen molar-refractivity contribution in [2.75, 3.05) is 6.61 Å². The minimum absolute atomic E-state index is 0.0302. The molecule has 0 spiro atoms. The zero-order valence-electron chi connectivity index (χ0n) is 11.7. The number of amides is 1. The number of aliphatic hydroxyl groups excluding tert-OH is 1. The highest BCUT2D eigenvalue weighted by Gasteiger charge is 2.12. The summed E-state index contributed by atoms with van der Waals surface area (Å²) in [4.78, 5) is 18.3. The van der Waals surface area contributed by atoms with E-state index in [2.05, 4.69) is 29.1 Å². The molecule has 0 unspecified atom stereocenters. The Morgan fingerprint density at radius 2 is 2.38 bits per heavy atom. The van der Waals surface area contributed by atoms with Crippen molar-refractivity contribution in [1.82, 2.24) is 10.3 Å². The fourth-order valence-corrected chi connectivity index (χ4v) is 3.19. The molecule has 0 radical (unpaired) electrons. The first-order valence-electron chi connectivity index (χ1n) is 6.63. The number of nitrogens with zero attached hydrogens (tertiary/aromatic N) is 1. The molecule has 0 atom stereocenters. The van der Waals surface area contributed by atoms with Gasteiger partial charge in [0.05, 0.1) is 13.2 Å². The predicted octanol–water partition coefficient (Wildman–Crippen LogP) is 2.43. The van der Waals surface area contributed by atoms with Crippen LogP contribution in [0, 0.1) is 11.8 Å². The van der Waals surface area contributed by atoms with E-state index in [0.717, 1.165) is 11.4 Å². The summed E-state index contributed by atoms with van der Waals surface area (Å²) < 4.78 is 0. The number of aliphatic hydroxyl groups is 1. The van der Waals surface area contributed by atoms with Gasteiger partial charge in [-0.25, -0.2) is 4.98 Å². The summed E-state index contributed by atoms with van der Waals surface area (Å²) in [5, 5.41) is 14.3. The standard InChI is InChI=1S/C15H16N2O2S2/c1-2-12-9-16-13(21-12)10-17-15(19)14-11(6-8-20-14)5-3-4-7-18/h6,8-9,18H,2,4,7,10H2,1H3,(H,17,19). The quantitative estimate of drug-likeness (QED) is 0.832. The summed E-state index contributed by atoms with van der Waals surface area (Å²) in [5.74, 6) is 5.61. The molecule has 2 N–H and O–H groups in total. The number of carbonyl (C=O) groups excluding carboxylic acids is 1. The molecule has 0 fully saturated rings. The number of thiazole rings is 1. The van der Waals surface area contributed by atoms with E-state index in [1.54, 1.807) is 11.3 Å². The number of nitrogens with one attached hydrogen (secondary N) is 1. The zero-order chi connectivity index (χ0) is 15.1. The summed E-state index contributed by atoms with van der Waals surface area (Å²) >= 11 is 2.98. The Labute approximate surface area is 131 Å². The van der Waals surface area contributed by atoms with Crippen LogP contribution in [-0.2, 0) is 13.0 Å². The summed E-state index contributed by atoms with van der Waals surface area (Å²) in [6.07, 6.45) is 3.22. The number of hydrogen-bond donors (Lipinski definition) is 2. The van der Waals surface area contributed by atoms with Gasteiger partial charge in [-0.1, -0.05) is 18.8 Å². The van der Waals surface area contributed by atoms with Crippen LogP contribution in [0.15, 0.2) is 17.6 Å². The molecule has 110 valence electrons. The van der Waals surface area contributed by atoms with Gasteiger partial charge in [-0.15, -0.1) is 22.7 Å². The zero-order valence-corrected chi connectivity index (χ0v) is 13.3. The highest BCUT2D eigenvalue weighted by atomic mass is 32.1. The second kappa shape index (κ2) is 7.93. The van der Waals surface area contributed by atoms with E-state index in [-0.39, 0.29) is 12.5 Å². The lowest BCUT2D eigenvalue weighted by atomic mass is 10.2. The molecule has 0 aliphatic carbocycles. The number of carbonyl (C=O) groups is 1. The normalized spacial score (nSPS) is 10.0. The third-order valence-electron chi connectivity index (χ3n) is 2.68. The smallest absolute Gasteiger partial charge is 0.262 e. The maximum atomic E-state index is 12.2. The lowest BCUT2D eigenvalue weighted by Crippen LogP contribution is -2.22. The number of hydrogen-bond acceptors (Lipinski definition) is 5. The van der Waals surface area contributed by atoms with Gasteiger partial charge < -0.3 is 10.4 Å². The first-order valence-corrected chi connectivity index (χ1v) is 8.33. The Balaban J connectivity index is 1.97. The average Bonchev–Trinajstić information content (AvgIpc) is 3.14. The molecule has 0 aliphatic heterocycles.